The van der Waals surface area contributed by atoms with Gasteiger partial charge in [0.1, 0.15) is 12.1 Å². The van der Waals surface area contributed by atoms with Crippen LogP contribution in [-0.4, -0.2) is 38.8 Å². The monoisotopic (exact) mass is 452 g/mol. The summed E-state index contributed by atoms with van der Waals surface area (Å²) in [5.74, 6) is 2.22. The van der Waals surface area contributed by atoms with Crippen LogP contribution in [0.15, 0.2) is 51.3 Å². The number of nitrogens with zero attached hydrogens (tertiary/aromatic N) is 4. The predicted octanol–water partition coefficient (Wildman–Crippen LogP) is 3.07. The average Bonchev–Trinajstić information content (AvgIpc) is 3.52. The van der Waals surface area contributed by atoms with E-state index in [1.807, 2.05) is 35.8 Å². The molecule has 32 heavy (non-hydrogen) atoms. The number of carbonyl (C=O) groups excluding carboxylic acids is 1. The Hall–Kier alpha value is -3.73. The molecular weight excluding hydrogens is 432 g/mol. The predicted molar refractivity (Wildman–Crippen MR) is 117 cm³/mol. The molecule has 0 atom stereocenters. The molecule has 0 aliphatic carbocycles. The Bertz CT molecular complexity index is 1290. The van der Waals surface area contributed by atoms with E-state index in [1.165, 1.54) is 18.1 Å². The quantitative estimate of drug-likeness (QED) is 0.434. The molecule has 0 saturated carbocycles. The molecule has 0 bridgehead atoms. The van der Waals surface area contributed by atoms with Crippen LogP contribution in [0, 0.1) is 0 Å². The second-order valence-corrected chi connectivity index (χ2v) is 7.97. The number of imidazole rings is 1. The van der Waals surface area contributed by atoms with Crippen LogP contribution in [0.25, 0.3) is 22.5 Å². The molecule has 3 aromatic heterocycles. The zero-order chi connectivity index (χ0) is 22.1. The summed E-state index contributed by atoms with van der Waals surface area (Å²) < 4.78 is 18.6. The minimum atomic E-state index is -0.0494. The van der Waals surface area contributed by atoms with Crippen molar-refractivity contribution in [3.8, 4) is 22.8 Å². The molecule has 0 saturated heterocycles. The number of fused-ring (bicyclic) bond motifs is 2. The molecule has 0 fully saturated rings. The maximum absolute atomic E-state index is 12.1. The van der Waals surface area contributed by atoms with E-state index in [-0.39, 0.29) is 24.9 Å². The van der Waals surface area contributed by atoms with Crippen LogP contribution in [0.5, 0.6) is 11.5 Å². The smallest absolute Gasteiger partial charge is 0.231 e. The largest absolute Gasteiger partial charge is 0.464 e. The summed E-state index contributed by atoms with van der Waals surface area (Å²) in [5, 5.41) is 3.44. The fourth-order valence-electron chi connectivity index (χ4n) is 3.44. The third-order valence-corrected chi connectivity index (χ3v) is 5.98. The van der Waals surface area contributed by atoms with Gasteiger partial charge in [-0.25, -0.2) is 15.0 Å². The Morgan fingerprint density at radius 1 is 1.28 bits per heavy atom. The van der Waals surface area contributed by atoms with Gasteiger partial charge in [-0.1, -0.05) is 11.8 Å². The number of carbonyl (C=O) groups is 1. The highest BCUT2D eigenvalue weighted by molar-refractivity contribution is 7.99. The number of hydrogen-bond acceptors (Lipinski definition) is 9. The van der Waals surface area contributed by atoms with Gasteiger partial charge in [0.25, 0.3) is 0 Å². The second kappa shape index (κ2) is 8.42. The fraction of sp³-hybridized carbons (Fsp3) is 0.238. The topological polar surface area (TPSA) is 130 Å². The van der Waals surface area contributed by atoms with Crippen LogP contribution in [0.4, 0.5) is 5.82 Å². The van der Waals surface area contributed by atoms with Gasteiger partial charge < -0.3 is 29.5 Å². The molecule has 164 valence electrons. The van der Waals surface area contributed by atoms with Crippen LogP contribution in [-0.2, 0) is 11.3 Å². The van der Waals surface area contributed by atoms with Gasteiger partial charge in [-0.3, -0.25) is 4.79 Å². The van der Waals surface area contributed by atoms with E-state index < -0.39 is 0 Å². The van der Waals surface area contributed by atoms with Crippen molar-refractivity contribution < 1.29 is 18.7 Å². The number of furan rings is 1. The van der Waals surface area contributed by atoms with E-state index in [0.29, 0.717) is 46.7 Å². The van der Waals surface area contributed by atoms with Crippen molar-refractivity contribution in [1.82, 2.24) is 24.8 Å². The lowest BCUT2D eigenvalue weighted by Gasteiger charge is -2.11. The van der Waals surface area contributed by atoms with Gasteiger partial charge in [-0.2, -0.15) is 0 Å². The molecule has 0 unspecified atom stereocenters. The average molecular weight is 452 g/mol. The molecule has 1 aromatic carbocycles. The van der Waals surface area contributed by atoms with E-state index in [0.717, 1.165) is 10.5 Å². The second-order valence-electron chi connectivity index (χ2n) is 6.96. The molecule has 4 heterocycles. The van der Waals surface area contributed by atoms with E-state index in [4.69, 9.17) is 19.6 Å². The third-order valence-electron chi connectivity index (χ3n) is 4.92. The molecule has 3 N–H and O–H groups in total. The SMILES string of the molecule is CCNC(=O)CCn1c(Sc2cc3c(cc2-c2ccco2)OCO3)nc2c(N)ncnc21. The minimum Gasteiger partial charge on any atom is -0.464 e. The van der Waals surface area contributed by atoms with Crippen LogP contribution in [0.2, 0.25) is 0 Å². The molecule has 11 heteroatoms. The van der Waals surface area contributed by atoms with Gasteiger partial charge in [0.05, 0.1) is 6.26 Å². The Morgan fingerprint density at radius 3 is 2.91 bits per heavy atom. The Balaban J connectivity index is 1.58. The molecule has 1 aliphatic heterocycles. The van der Waals surface area contributed by atoms with Gasteiger partial charge in [0, 0.05) is 30.0 Å². The number of nitrogens with two attached hydrogens (primary N) is 1. The van der Waals surface area contributed by atoms with Crippen molar-refractivity contribution in [2.75, 3.05) is 19.1 Å². The maximum Gasteiger partial charge on any atom is 0.231 e. The first-order valence-electron chi connectivity index (χ1n) is 10.0. The molecular formula is C21H20N6O4S. The highest BCUT2D eigenvalue weighted by Crippen LogP contribution is 2.45. The van der Waals surface area contributed by atoms with Crippen molar-refractivity contribution in [3.05, 3.63) is 36.9 Å². The van der Waals surface area contributed by atoms with Crippen molar-refractivity contribution in [2.24, 2.45) is 0 Å². The number of hydrogen-bond donors (Lipinski definition) is 2. The summed E-state index contributed by atoms with van der Waals surface area (Å²) in [4.78, 5) is 26.0. The van der Waals surface area contributed by atoms with Gasteiger partial charge >= 0.3 is 0 Å². The summed E-state index contributed by atoms with van der Waals surface area (Å²) in [6.07, 6.45) is 3.29. The van der Waals surface area contributed by atoms with E-state index in [9.17, 15) is 4.79 Å². The third kappa shape index (κ3) is 3.71. The lowest BCUT2D eigenvalue weighted by Crippen LogP contribution is -2.23. The number of aryl methyl sites for hydroxylation is 1. The highest BCUT2D eigenvalue weighted by Gasteiger charge is 2.23. The first-order valence-corrected chi connectivity index (χ1v) is 10.8. The number of rotatable bonds is 7. The maximum atomic E-state index is 12.1. The van der Waals surface area contributed by atoms with Crippen molar-refractivity contribution in [3.63, 3.8) is 0 Å². The van der Waals surface area contributed by atoms with Gasteiger partial charge in [0.2, 0.25) is 12.7 Å². The van der Waals surface area contributed by atoms with Gasteiger partial charge in [-0.05, 0) is 31.2 Å². The summed E-state index contributed by atoms with van der Waals surface area (Å²) in [6.45, 7) is 3.01. The molecule has 10 nitrogen and oxygen atoms in total. The number of nitrogens with one attached hydrogen (secondary N) is 1. The number of ether oxygens (including phenoxy) is 2. The molecule has 0 radical (unpaired) electrons. The van der Waals surface area contributed by atoms with Crippen molar-refractivity contribution in [2.45, 2.75) is 29.9 Å². The van der Waals surface area contributed by atoms with Gasteiger partial charge in [0.15, 0.2) is 33.6 Å². The fourth-order valence-corrected chi connectivity index (χ4v) is 4.50. The highest BCUT2D eigenvalue weighted by atomic mass is 32.2. The molecule has 5 rings (SSSR count). The Labute approximate surface area is 187 Å². The molecule has 0 spiro atoms. The summed E-state index contributed by atoms with van der Waals surface area (Å²) >= 11 is 1.41. The Morgan fingerprint density at radius 2 is 2.12 bits per heavy atom. The summed E-state index contributed by atoms with van der Waals surface area (Å²) in [6, 6.07) is 7.49. The zero-order valence-electron chi connectivity index (χ0n) is 17.2. The zero-order valence-corrected chi connectivity index (χ0v) is 18.0. The van der Waals surface area contributed by atoms with E-state index >= 15 is 0 Å². The molecule has 1 aliphatic rings. The standard InChI is InChI=1S/C21H20N6O4S/c1-2-23-17(28)5-6-27-20-18(19(22)24-10-25-20)26-21(27)32-16-9-15-14(30-11-31-15)8-12(16)13-4-3-7-29-13/h3-4,7-10H,2,5-6,11H2,1H3,(H,23,28)(H2,22,24,25). The van der Waals surface area contributed by atoms with Crippen molar-refractivity contribution >= 4 is 34.7 Å². The van der Waals surface area contributed by atoms with Gasteiger partial charge in [-0.15, -0.1) is 0 Å². The summed E-state index contributed by atoms with van der Waals surface area (Å²) in [5.41, 5.74) is 7.95. The lowest BCUT2D eigenvalue weighted by atomic mass is 10.1. The normalized spacial score (nSPS) is 12.4. The number of amides is 1. The first-order chi connectivity index (χ1) is 15.6. The Kier molecular flexibility index (Phi) is 5.31. The number of benzene rings is 1. The molecule has 1 amide bonds. The number of anilines is 1. The van der Waals surface area contributed by atoms with Crippen LogP contribution < -0.4 is 20.5 Å². The van der Waals surface area contributed by atoms with Crippen LogP contribution >= 0.6 is 11.8 Å². The molecule has 4 aromatic rings. The van der Waals surface area contributed by atoms with Crippen LogP contribution in [0.1, 0.15) is 13.3 Å². The summed E-state index contributed by atoms with van der Waals surface area (Å²) in [7, 11) is 0. The first kappa shape index (κ1) is 20.2. The minimum absolute atomic E-state index is 0.0494. The van der Waals surface area contributed by atoms with E-state index in [2.05, 4.69) is 20.3 Å². The van der Waals surface area contributed by atoms with E-state index in [1.54, 1.807) is 6.26 Å². The van der Waals surface area contributed by atoms with Crippen molar-refractivity contribution in [1.29, 1.82) is 0 Å². The van der Waals surface area contributed by atoms with Crippen LogP contribution in [0.3, 0.4) is 0 Å². The lowest BCUT2D eigenvalue weighted by molar-refractivity contribution is -0.121. The number of aromatic nitrogens is 4. The number of nitrogen functional groups attached to an aromatic ring is 1.